The highest BCUT2D eigenvalue weighted by Gasteiger charge is 2.24. The average Bonchev–Trinajstić information content (AvgIpc) is 3.43. The normalized spacial score (nSPS) is 16.1. The quantitative estimate of drug-likeness (QED) is 0.630. The van der Waals surface area contributed by atoms with Crippen molar-refractivity contribution in [1.29, 1.82) is 0 Å². The number of hydrogen-bond acceptors (Lipinski definition) is 7. The van der Waals surface area contributed by atoms with Gasteiger partial charge in [0.1, 0.15) is 12.3 Å². The lowest BCUT2D eigenvalue weighted by molar-refractivity contribution is -0.915. The predicted octanol–water partition coefficient (Wildman–Crippen LogP) is 0.364. The van der Waals surface area contributed by atoms with E-state index in [1.807, 2.05) is 35.0 Å². The van der Waals surface area contributed by atoms with Crippen LogP contribution < -0.4 is 24.0 Å². The van der Waals surface area contributed by atoms with Crippen molar-refractivity contribution in [2.45, 2.75) is 13.1 Å². The molecule has 0 radical (unpaired) electrons. The highest BCUT2D eigenvalue weighted by Crippen LogP contribution is 2.32. The van der Waals surface area contributed by atoms with Gasteiger partial charge >= 0.3 is 0 Å². The molecule has 3 aromatic rings. The number of tetrazole rings is 1. The maximum absolute atomic E-state index is 5.52. The van der Waals surface area contributed by atoms with Crippen LogP contribution in [0.4, 0.5) is 5.69 Å². The Bertz CT molecular complexity index is 1020. The zero-order chi connectivity index (χ0) is 20.3. The molecule has 2 aliphatic heterocycles. The minimum absolute atomic E-state index is 0.277. The molecule has 5 rings (SSSR count). The topological polar surface area (TPSA) is 79.0 Å². The number of benzene rings is 2. The van der Waals surface area contributed by atoms with Crippen LogP contribution in [0.3, 0.4) is 0 Å². The van der Waals surface area contributed by atoms with Crippen molar-refractivity contribution in [3.63, 3.8) is 0 Å². The number of rotatable bonds is 6. The number of nitrogens with one attached hydrogen (secondary N) is 1. The molecule has 1 N–H and O–H groups in total. The number of para-hydroxylation sites is 2. The molecule has 9 nitrogen and oxygen atoms in total. The van der Waals surface area contributed by atoms with Gasteiger partial charge in [-0.15, -0.1) is 5.10 Å². The van der Waals surface area contributed by atoms with E-state index in [1.54, 1.807) is 7.11 Å². The number of quaternary nitrogens is 1. The van der Waals surface area contributed by atoms with E-state index in [2.05, 4.69) is 32.6 Å². The summed E-state index contributed by atoms with van der Waals surface area (Å²) in [6, 6.07) is 14.1. The van der Waals surface area contributed by atoms with Crippen LogP contribution in [-0.4, -0.2) is 60.3 Å². The molecular formula is C21H25N6O3+. The molecule has 1 saturated heterocycles. The summed E-state index contributed by atoms with van der Waals surface area (Å²) in [5.74, 6) is 3.38. The molecule has 30 heavy (non-hydrogen) atoms. The van der Waals surface area contributed by atoms with Crippen molar-refractivity contribution >= 4 is 5.69 Å². The largest absolute Gasteiger partial charge is 0.495 e. The Kier molecular flexibility index (Phi) is 5.10. The van der Waals surface area contributed by atoms with Gasteiger partial charge in [0, 0.05) is 0 Å². The van der Waals surface area contributed by atoms with Crippen molar-refractivity contribution in [1.82, 2.24) is 20.2 Å². The molecule has 1 aromatic heterocycles. The summed E-state index contributed by atoms with van der Waals surface area (Å²) < 4.78 is 18.2. The van der Waals surface area contributed by atoms with Gasteiger partial charge in [-0.2, -0.15) is 0 Å². The molecular weight excluding hydrogens is 384 g/mol. The van der Waals surface area contributed by atoms with Crippen LogP contribution in [0, 0.1) is 0 Å². The molecule has 0 unspecified atom stereocenters. The van der Waals surface area contributed by atoms with E-state index >= 15 is 0 Å². The minimum atomic E-state index is 0.277. The minimum Gasteiger partial charge on any atom is -0.495 e. The van der Waals surface area contributed by atoms with Gasteiger partial charge < -0.3 is 24.0 Å². The Morgan fingerprint density at radius 1 is 1.07 bits per heavy atom. The summed E-state index contributed by atoms with van der Waals surface area (Å²) in [6.07, 6.45) is 0. The molecule has 9 heteroatoms. The van der Waals surface area contributed by atoms with Crippen molar-refractivity contribution in [3.05, 3.63) is 53.9 Å². The lowest BCUT2D eigenvalue weighted by atomic mass is 10.2. The van der Waals surface area contributed by atoms with Crippen LogP contribution in [0.15, 0.2) is 42.5 Å². The van der Waals surface area contributed by atoms with Gasteiger partial charge in [0.25, 0.3) is 0 Å². The monoisotopic (exact) mass is 409 g/mol. The Morgan fingerprint density at radius 3 is 2.77 bits per heavy atom. The number of nitrogens with zero attached hydrogens (tertiary/aromatic N) is 5. The van der Waals surface area contributed by atoms with E-state index in [9.17, 15) is 0 Å². The first-order valence-electron chi connectivity index (χ1n) is 10.2. The van der Waals surface area contributed by atoms with E-state index in [1.165, 1.54) is 4.90 Å². The predicted molar refractivity (Wildman–Crippen MR) is 109 cm³/mol. The van der Waals surface area contributed by atoms with Crippen molar-refractivity contribution in [2.24, 2.45) is 0 Å². The zero-order valence-corrected chi connectivity index (χ0v) is 17.0. The van der Waals surface area contributed by atoms with Crippen LogP contribution in [0.5, 0.6) is 17.2 Å². The number of ether oxygens (including phenoxy) is 3. The third kappa shape index (κ3) is 3.76. The summed E-state index contributed by atoms with van der Waals surface area (Å²) in [5, 5.41) is 12.4. The number of hydrogen-bond donors (Lipinski definition) is 1. The van der Waals surface area contributed by atoms with E-state index in [0.29, 0.717) is 6.54 Å². The third-order valence-electron chi connectivity index (χ3n) is 5.68. The SMILES string of the molecule is COc1ccccc1N1CC[NH+](Cc2nnnn2Cc2ccc3c(c2)OCO3)CC1. The fraction of sp³-hybridized carbons (Fsp3) is 0.381. The first-order valence-corrected chi connectivity index (χ1v) is 10.2. The van der Waals surface area contributed by atoms with Crippen molar-refractivity contribution < 1.29 is 19.1 Å². The first kappa shape index (κ1) is 18.7. The van der Waals surface area contributed by atoms with Gasteiger partial charge in [-0.3, -0.25) is 0 Å². The van der Waals surface area contributed by atoms with E-state index in [-0.39, 0.29) is 6.79 Å². The summed E-state index contributed by atoms with van der Waals surface area (Å²) >= 11 is 0. The molecule has 0 saturated carbocycles. The Morgan fingerprint density at radius 2 is 1.90 bits per heavy atom. The van der Waals surface area contributed by atoms with Crippen LogP contribution in [-0.2, 0) is 13.1 Å². The van der Waals surface area contributed by atoms with E-state index in [4.69, 9.17) is 14.2 Å². The molecule has 2 aliphatic rings. The lowest BCUT2D eigenvalue weighted by Crippen LogP contribution is -3.13. The third-order valence-corrected chi connectivity index (χ3v) is 5.68. The fourth-order valence-electron chi connectivity index (χ4n) is 4.04. The molecule has 0 amide bonds. The molecule has 0 spiro atoms. The van der Waals surface area contributed by atoms with Gasteiger partial charge in [0.05, 0.1) is 45.5 Å². The standard InChI is InChI=1S/C21H24N6O3/c1-28-18-5-3-2-4-17(18)26-10-8-25(9-11-26)14-21-22-23-24-27(21)13-16-6-7-19-20(12-16)30-15-29-19/h2-7,12H,8-11,13-15H2,1H3/p+1. The molecule has 2 aromatic carbocycles. The first-order chi connectivity index (χ1) is 14.8. The van der Waals surface area contributed by atoms with Gasteiger partial charge in [0.2, 0.25) is 12.6 Å². The maximum Gasteiger partial charge on any atom is 0.231 e. The van der Waals surface area contributed by atoms with Crippen molar-refractivity contribution in [2.75, 3.05) is 45.0 Å². The van der Waals surface area contributed by atoms with Crippen LogP contribution >= 0.6 is 0 Å². The fourth-order valence-corrected chi connectivity index (χ4v) is 4.04. The molecule has 156 valence electrons. The zero-order valence-electron chi connectivity index (χ0n) is 17.0. The summed E-state index contributed by atoms with van der Waals surface area (Å²) in [4.78, 5) is 3.86. The highest BCUT2D eigenvalue weighted by molar-refractivity contribution is 5.58. The number of methoxy groups -OCH3 is 1. The number of anilines is 1. The Labute approximate surface area is 174 Å². The molecule has 0 bridgehead atoms. The second-order valence-electron chi connectivity index (χ2n) is 7.53. The van der Waals surface area contributed by atoms with Crippen molar-refractivity contribution in [3.8, 4) is 17.2 Å². The van der Waals surface area contributed by atoms with E-state index in [0.717, 1.165) is 67.0 Å². The van der Waals surface area contributed by atoms with Crippen LogP contribution in [0.25, 0.3) is 0 Å². The van der Waals surface area contributed by atoms with Gasteiger partial charge in [0.15, 0.2) is 11.5 Å². The van der Waals surface area contributed by atoms with Gasteiger partial charge in [-0.1, -0.05) is 18.2 Å². The number of aromatic nitrogens is 4. The molecule has 1 fully saturated rings. The highest BCUT2D eigenvalue weighted by atomic mass is 16.7. The second kappa shape index (κ2) is 8.19. The van der Waals surface area contributed by atoms with Gasteiger partial charge in [-0.25, -0.2) is 4.68 Å². The summed E-state index contributed by atoms with van der Waals surface area (Å²) in [6.45, 7) is 5.68. The van der Waals surface area contributed by atoms with E-state index < -0.39 is 0 Å². The average molecular weight is 409 g/mol. The molecule has 0 aliphatic carbocycles. The summed E-state index contributed by atoms with van der Waals surface area (Å²) in [5.41, 5.74) is 2.25. The summed E-state index contributed by atoms with van der Waals surface area (Å²) in [7, 11) is 1.72. The Hall–Kier alpha value is -3.33. The van der Waals surface area contributed by atoms with Crippen LogP contribution in [0.1, 0.15) is 11.4 Å². The number of fused-ring (bicyclic) bond motifs is 1. The maximum atomic E-state index is 5.52. The second-order valence-corrected chi connectivity index (χ2v) is 7.53. The Balaban J connectivity index is 1.21. The lowest BCUT2D eigenvalue weighted by Gasteiger charge is -2.34. The smallest absolute Gasteiger partial charge is 0.231 e. The molecule has 3 heterocycles. The van der Waals surface area contributed by atoms with Crippen LogP contribution in [0.2, 0.25) is 0 Å². The molecule has 0 atom stereocenters. The number of piperazine rings is 1. The van der Waals surface area contributed by atoms with Gasteiger partial charge in [-0.05, 0) is 40.3 Å².